The molecule has 16 heavy (non-hydrogen) atoms. The highest BCUT2D eigenvalue weighted by Gasteiger charge is 2.20. The summed E-state index contributed by atoms with van der Waals surface area (Å²) in [5, 5.41) is 37.4. The minimum atomic E-state index is -1.22. The average Bonchev–Trinajstić information content (AvgIpc) is 2.28. The molecule has 0 fully saturated rings. The first-order valence-corrected chi connectivity index (χ1v) is 4.94. The van der Waals surface area contributed by atoms with E-state index in [0.717, 1.165) is 0 Å². The van der Waals surface area contributed by atoms with E-state index in [4.69, 9.17) is 9.84 Å². The van der Waals surface area contributed by atoms with Crippen LogP contribution in [0.4, 0.5) is 0 Å². The molecule has 0 radical (unpaired) electrons. The molecule has 1 aromatic rings. The summed E-state index contributed by atoms with van der Waals surface area (Å²) in [6.45, 7) is -0.227. The smallest absolute Gasteiger partial charge is 0.125 e. The molecular formula is C11H16O5. The Bertz CT molecular complexity index is 339. The van der Waals surface area contributed by atoms with Crippen molar-refractivity contribution in [2.75, 3.05) is 13.7 Å². The number of hydrogen-bond acceptors (Lipinski definition) is 5. The summed E-state index contributed by atoms with van der Waals surface area (Å²) in [6, 6.07) is 4.40. The van der Waals surface area contributed by atoms with Crippen molar-refractivity contribution in [1.29, 1.82) is 0 Å². The Morgan fingerprint density at radius 2 is 2.00 bits per heavy atom. The summed E-state index contributed by atoms with van der Waals surface area (Å²) in [7, 11) is 1.46. The van der Waals surface area contributed by atoms with Gasteiger partial charge in [0.2, 0.25) is 0 Å². The minimum Gasteiger partial charge on any atom is -0.507 e. The first kappa shape index (κ1) is 12.8. The van der Waals surface area contributed by atoms with E-state index in [-0.39, 0.29) is 24.3 Å². The highest BCUT2D eigenvalue weighted by molar-refractivity contribution is 5.41. The van der Waals surface area contributed by atoms with Crippen molar-refractivity contribution in [2.24, 2.45) is 0 Å². The normalized spacial score (nSPS) is 14.5. The standard InChI is InChI=1S/C11H16O5/c1-16-7-2-3-8(10(14)6-7)11(15)9(13)4-5-12/h2-3,6,9,11-15H,4-5H2,1H3. The van der Waals surface area contributed by atoms with Gasteiger partial charge >= 0.3 is 0 Å². The molecule has 0 heterocycles. The van der Waals surface area contributed by atoms with E-state index in [9.17, 15) is 15.3 Å². The van der Waals surface area contributed by atoms with Crippen LogP contribution < -0.4 is 4.74 Å². The van der Waals surface area contributed by atoms with Crippen LogP contribution in [0.2, 0.25) is 0 Å². The fraction of sp³-hybridized carbons (Fsp3) is 0.455. The highest BCUT2D eigenvalue weighted by atomic mass is 16.5. The molecule has 2 unspecified atom stereocenters. The van der Waals surface area contributed by atoms with Gasteiger partial charge < -0.3 is 25.2 Å². The summed E-state index contributed by atoms with van der Waals surface area (Å²) in [5.41, 5.74) is 0.210. The SMILES string of the molecule is COc1ccc(C(O)C(O)CCO)c(O)c1. The van der Waals surface area contributed by atoms with Crippen LogP contribution in [0.3, 0.4) is 0 Å². The third kappa shape index (κ3) is 2.85. The van der Waals surface area contributed by atoms with Gasteiger partial charge in [-0.05, 0) is 18.6 Å². The van der Waals surface area contributed by atoms with Crippen LogP contribution in [0.5, 0.6) is 11.5 Å². The molecule has 0 aliphatic rings. The van der Waals surface area contributed by atoms with Gasteiger partial charge in [-0.1, -0.05) is 0 Å². The zero-order valence-corrected chi connectivity index (χ0v) is 9.00. The van der Waals surface area contributed by atoms with Crippen LogP contribution in [0, 0.1) is 0 Å². The zero-order chi connectivity index (χ0) is 12.1. The molecule has 0 aliphatic heterocycles. The highest BCUT2D eigenvalue weighted by Crippen LogP contribution is 2.30. The van der Waals surface area contributed by atoms with E-state index in [1.807, 2.05) is 0 Å². The minimum absolute atomic E-state index is 0.0482. The van der Waals surface area contributed by atoms with Crippen molar-refractivity contribution in [3.8, 4) is 11.5 Å². The van der Waals surface area contributed by atoms with E-state index < -0.39 is 12.2 Å². The van der Waals surface area contributed by atoms with Gasteiger partial charge in [0.1, 0.15) is 17.6 Å². The molecule has 5 heteroatoms. The Morgan fingerprint density at radius 3 is 2.50 bits per heavy atom. The van der Waals surface area contributed by atoms with E-state index in [2.05, 4.69) is 0 Å². The number of hydrogen-bond donors (Lipinski definition) is 4. The van der Waals surface area contributed by atoms with Gasteiger partial charge in [-0.2, -0.15) is 0 Å². The molecule has 1 rings (SSSR count). The molecule has 0 saturated heterocycles. The van der Waals surface area contributed by atoms with Gasteiger partial charge in [-0.3, -0.25) is 0 Å². The van der Waals surface area contributed by atoms with Crippen LogP contribution in [-0.4, -0.2) is 40.2 Å². The number of benzene rings is 1. The molecule has 1 aromatic carbocycles. The largest absolute Gasteiger partial charge is 0.507 e. The Kier molecular flexibility index (Phi) is 4.54. The fourth-order valence-corrected chi connectivity index (χ4v) is 1.40. The van der Waals surface area contributed by atoms with Gasteiger partial charge in [-0.15, -0.1) is 0 Å². The van der Waals surface area contributed by atoms with Crippen molar-refractivity contribution >= 4 is 0 Å². The zero-order valence-electron chi connectivity index (χ0n) is 9.00. The number of rotatable bonds is 5. The summed E-state index contributed by atoms with van der Waals surface area (Å²) in [6.07, 6.45) is -2.28. The Labute approximate surface area is 93.5 Å². The lowest BCUT2D eigenvalue weighted by atomic mass is 10.0. The van der Waals surface area contributed by atoms with Crippen molar-refractivity contribution in [3.05, 3.63) is 23.8 Å². The Balaban J connectivity index is 2.87. The first-order chi connectivity index (χ1) is 7.60. The average molecular weight is 228 g/mol. The van der Waals surface area contributed by atoms with E-state index in [1.54, 1.807) is 6.07 Å². The molecule has 5 nitrogen and oxygen atoms in total. The molecular weight excluding hydrogens is 212 g/mol. The van der Waals surface area contributed by atoms with Gasteiger partial charge in [0, 0.05) is 18.2 Å². The molecule has 0 bridgehead atoms. The van der Waals surface area contributed by atoms with Crippen molar-refractivity contribution in [3.63, 3.8) is 0 Å². The maximum absolute atomic E-state index is 9.70. The van der Waals surface area contributed by atoms with E-state index >= 15 is 0 Å². The second kappa shape index (κ2) is 5.69. The number of ether oxygens (including phenoxy) is 1. The van der Waals surface area contributed by atoms with Crippen LogP contribution in [0.1, 0.15) is 18.1 Å². The monoisotopic (exact) mass is 228 g/mol. The molecule has 0 saturated carbocycles. The van der Waals surface area contributed by atoms with Crippen LogP contribution in [-0.2, 0) is 0 Å². The van der Waals surface area contributed by atoms with E-state index in [1.165, 1.54) is 19.2 Å². The van der Waals surface area contributed by atoms with Gasteiger partial charge in [-0.25, -0.2) is 0 Å². The van der Waals surface area contributed by atoms with Crippen molar-refractivity contribution in [2.45, 2.75) is 18.6 Å². The number of aliphatic hydroxyl groups excluding tert-OH is 3. The second-order valence-electron chi connectivity index (χ2n) is 3.45. The first-order valence-electron chi connectivity index (χ1n) is 4.94. The van der Waals surface area contributed by atoms with E-state index in [0.29, 0.717) is 5.75 Å². The maximum atomic E-state index is 9.70. The molecule has 0 amide bonds. The molecule has 0 aromatic heterocycles. The Hall–Kier alpha value is -1.30. The Morgan fingerprint density at radius 1 is 1.31 bits per heavy atom. The fourth-order valence-electron chi connectivity index (χ4n) is 1.40. The maximum Gasteiger partial charge on any atom is 0.125 e. The number of phenols is 1. The summed E-state index contributed by atoms with van der Waals surface area (Å²) < 4.78 is 4.89. The van der Waals surface area contributed by atoms with Crippen LogP contribution in [0.15, 0.2) is 18.2 Å². The molecule has 4 N–H and O–H groups in total. The second-order valence-corrected chi connectivity index (χ2v) is 3.45. The predicted octanol–water partition coefficient (Wildman–Crippen LogP) is 0.177. The van der Waals surface area contributed by atoms with Crippen LogP contribution in [0.25, 0.3) is 0 Å². The summed E-state index contributed by atoms with van der Waals surface area (Å²) in [4.78, 5) is 0. The van der Waals surface area contributed by atoms with Crippen LogP contribution >= 0.6 is 0 Å². The number of methoxy groups -OCH3 is 1. The van der Waals surface area contributed by atoms with Gasteiger partial charge in [0.05, 0.1) is 13.2 Å². The van der Waals surface area contributed by atoms with Crippen molar-refractivity contribution < 1.29 is 25.2 Å². The van der Waals surface area contributed by atoms with Crippen molar-refractivity contribution in [1.82, 2.24) is 0 Å². The lowest BCUT2D eigenvalue weighted by Crippen LogP contribution is -2.19. The quantitative estimate of drug-likeness (QED) is 0.577. The molecule has 90 valence electrons. The topological polar surface area (TPSA) is 90.2 Å². The summed E-state index contributed by atoms with van der Waals surface area (Å²) >= 11 is 0. The van der Waals surface area contributed by atoms with Gasteiger partial charge in [0.15, 0.2) is 0 Å². The number of aliphatic hydroxyl groups is 3. The summed E-state index contributed by atoms with van der Waals surface area (Å²) in [5.74, 6) is 0.314. The molecule has 0 aliphatic carbocycles. The third-order valence-corrected chi connectivity index (χ3v) is 2.35. The third-order valence-electron chi connectivity index (χ3n) is 2.35. The number of phenolic OH excluding ortho intramolecular Hbond substituents is 1. The molecule has 0 spiro atoms. The lowest BCUT2D eigenvalue weighted by molar-refractivity contribution is 0.00302. The predicted molar refractivity (Wildman–Crippen MR) is 57.3 cm³/mol. The van der Waals surface area contributed by atoms with Gasteiger partial charge in [0.25, 0.3) is 0 Å². The molecule has 2 atom stereocenters. The lowest BCUT2D eigenvalue weighted by Gasteiger charge is -2.18. The number of aromatic hydroxyl groups is 1.